The van der Waals surface area contributed by atoms with E-state index >= 15 is 0 Å². The summed E-state index contributed by atoms with van der Waals surface area (Å²) in [5, 5.41) is 2.55. The van der Waals surface area contributed by atoms with Gasteiger partial charge in [0.05, 0.1) is 7.11 Å². The number of methoxy groups -OCH3 is 1. The molecule has 122 valence electrons. The quantitative estimate of drug-likeness (QED) is 0.915. The Balaban J connectivity index is 2.04. The van der Waals surface area contributed by atoms with Crippen LogP contribution in [-0.2, 0) is 6.54 Å². The van der Waals surface area contributed by atoms with Crippen molar-refractivity contribution in [2.75, 3.05) is 7.11 Å². The summed E-state index contributed by atoms with van der Waals surface area (Å²) in [4.78, 5) is 12.0. The summed E-state index contributed by atoms with van der Waals surface area (Å²) >= 11 is 0. The highest BCUT2D eigenvalue weighted by atomic mass is 19.4. The zero-order chi connectivity index (χ0) is 16.9. The molecule has 2 rings (SSSR count). The molecule has 1 N–H and O–H groups in total. The maximum atomic E-state index is 12.3. The fraction of sp³-hybridized carbons (Fsp3) is 0.188. The maximum Gasteiger partial charge on any atom is 0.573 e. The van der Waals surface area contributed by atoms with Crippen LogP contribution in [-0.4, -0.2) is 19.4 Å². The third-order valence-electron chi connectivity index (χ3n) is 2.99. The molecule has 7 heteroatoms. The summed E-state index contributed by atoms with van der Waals surface area (Å²) in [5.41, 5.74) is 0.603. The molecule has 23 heavy (non-hydrogen) atoms. The second kappa shape index (κ2) is 7.04. The van der Waals surface area contributed by atoms with Crippen LogP contribution in [0.5, 0.6) is 11.5 Å². The Kier molecular flexibility index (Phi) is 5.10. The lowest BCUT2D eigenvalue weighted by atomic mass is 10.1. The van der Waals surface area contributed by atoms with E-state index in [4.69, 9.17) is 4.74 Å². The van der Waals surface area contributed by atoms with Gasteiger partial charge in [0.2, 0.25) is 0 Å². The van der Waals surface area contributed by atoms with Crippen molar-refractivity contribution in [1.29, 1.82) is 0 Å². The van der Waals surface area contributed by atoms with E-state index in [2.05, 4.69) is 10.1 Å². The molecule has 0 saturated heterocycles. The van der Waals surface area contributed by atoms with Gasteiger partial charge in [-0.2, -0.15) is 0 Å². The molecule has 0 aliphatic carbocycles. The monoisotopic (exact) mass is 325 g/mol. The van der Waals surface area contributed by atoms with Gasteiger partial charge >= 0.3 is 6.36 Å². The first-order valence-electron chi connectivity index (χ1n) is 6.65. The average Bonchev–Trinajstić information content (AvgIpc) is 2.52. The van der Waals surface area contributed by atoms with Crippen LogP contribution >= 0.6 is 0 Å². The number of nitrogens with one attached hydrogen (secondary N) is 1. The second-order valence-electron chi connectivity index (χ2n) is 4.57. The van der Waals surface area contributed by atoms with E-state index < -0.39 is 12.3 Å². The van der Waals surface area contributed by atoms with E-state index in [9.17, 15) is 18.0 Å². The van der Waals surface area contributed by atoms with E-state index in [1.807, 2.05) is 0 Å². The molecule has 0 unspecified atom stereocenters. The normalized spacial score (nSPS) is 11.0. The summed E-state index contributed by atoms with van der Waals surface area (Å²) in [6.45, 7) is -0.0862. The molecular formula is C16H14F3NO3. The standard InChI is InChI=1S/C16H14F3NO3/c1-22-13-8-6-11(7-9-13)15(21)20-10-12-4-2-3-5-14(12)23-16(17,18)19/h2-9H,10H2,1H3,(H,20,21). The number of halogens is 3. The molecular weight excluding hydrogens is 311 g/mol. The lowest BCUT2D eigenvalue weighted by Gasteiger charge is -2.13. The van der Waals surface area contributed by atoms with Crippen LogP contribution in [0, 0.1) is 0 Å². The highest BCUT2D eigenvalue weighted by molar-refractivity contribution is 5.94. The van der Waals surface area contributed by atoms with E-state index in [0.29, 0.717) is 11.3 Å². The fourth-order valence-electron chi connectivity index (χ4n) is 1.89. The van der Waals surface area contributed by atoms with Crippen LogP contribution in [0.1, 0.15) is 15.9 Å². The van der Waals surface area contributed by atoms with Crippen molar-refractivity contribution in [2.45, 2.75) is 12.9 Å². The number of carbonyl (C=O) groups excluding carboxylic acids is 1. The molecule has 0 aliphatic rings. The zero-order valence-electron chi connectivity index (χ0n) is 12.2. The lowest BCUT2D eigenvalue weighted by Crippen LogP contribution is -2.24. The summed E-state index contributed by atoms with van der Waals surface area (Å²) in [5.74, 6) is -0.144. The first kappa shape index (κ1) is 16.7. The molecule has 0 radical (unpaired) electrons. The highest BCUT2D eigenvalue weighted by Crippen LogP contribution is 2.26. The Morgan fingerprint density at radius 3 is 2.35 bits per heavy atom. The van der Waals surface area contributed by atoms with Gasteiger partial charge in [-0.15, -0.1) is 13.2 Å². The van der Waals surface area contributed by atoms with Gasteiger partial charge in [-0.25, -0.2) is 0 Å². The van der Waals surface area contributed by atoms with E-state index in [1.54, 1.807) is 30.3 Å². The van der Waals surface area contributed by atoms with Gasteiger partial charge < -0.3 is 14.8 Å². The third kappa shape index (κ3) is 4.91. The number of rotatable bonds is 5. The Hall–Kier alpha value is -2.70. The van der Waals surface area contributed by atoms with Gasteiger partial charge in [0.25, 0.3) is 5.91 Å². The zero-order valence-corrected chi connectivity index (χ0v) is 12.2. The van der Waals surface area contributed by atoms with Crippen molar-refractivity contribution in [3.63, 3.8) is 0 Å². The minimum Gasteiger partial charge on any atom is -0.497 e. The van der Waals surface area contributed by atoms with Crippen molar-refractivity contribution in [2.24, 2.45) is 0 Å². The van der Waals surface area contributed by atoms with Gasteiger partial charge in [-0.1, -0.05) is 18.2 Å². The van der Waals surface area contributed by atoms with Crippen molar-refractivity contribution < 1.29 is 27.4 Å². The summed E-state index contributed by atoms with van der Waals surface area (Å²) < 4.78 is 45.9. The third-order valence-corrected chi connectivity index (χ3v) is 2.99. The van der Waals surface area contributed by atoms with Crippen LogP contribution in [0.15, 0.2) is 48.5 Å². The molecule has 0 bridgehead atoms. The minimum atomic E-state index is -4.78. The Labute approximate surface area is 130 Å². The molecule has 2 aromatic carbocycles. The summed E-state index contributed by atoms with van der Waals surface area (Å²) in [7, 11) is 1.51. The summed E-state index contributed by atoms with van der Waals surface area (Å²) in [6.07, 6.45) is -4.78. The molecule has 0 heterocycles. The second-order valence-corrected chi connectivity index (χ2v) is 4.57. The van der Waals surface area contributed by atoms with E-state index in [0.717, 1.165) is 0 Å². The molecule has 0 saturated carbocycles. The summed E-state index contributed by atoms with van der Waals surface area (Å²) in [6, 6.07) is 12.0. The molecule has 1 amide bonds. The fourth-order valence-corrected chi connectivity index (χ4v) is 1.89. The smallest absolute Gasteiger partial charge is 0.497 e. The Bertz CT molecular complexity index is 669. The van der Waals surface area contributed by atoms with Crippen LogP contribution in [0.4, 0.5) is 13.2 Å². The number of ether oxygens (including phenoxy) is 2. The van der Waals surface area contributed by atoms with Crippen molar-refractivity contribution >= 4 is 5.91 Å². The largest absolute Gasteiger partial charge is 0.573 e. The number of carbonyl (C=O) groups is 1. The number of alkyl halides is 3. The van der Waals surface area contributed by atoms with Gasteiger partial charge in [-0.05, 0) is 30.3 Å². The van der Waals surface area contributed by atoms with Gasteiger partial charge in [0.1, 0.15) is 11.5 Å². The highest BCUT2D eigenvalue weighted by Gasteiger charge is 2.31. The van der Waals surface area contributed by atoms with Crippen LogP contribution in [0.2, 0.25) is 0 Å². The molecule has 0 atom stereocenters. The number of para-hydroxylation sites is 1. The molecule has 2 aromatic rings. The van der Waals surface area contributed by atoms with Gasteiger partial charge in [-0.3, -0.25) is 4.79 Å². The number of benzene rings is 2. The van der Waals surface area contributed by atoms with Crippen molar-refractivity contribution in [1.82, 2.24) is 5.32 Å². The number of hydrogen-bond donors (Lipinski definition) is 1. The molecule has 0 aliphatic heterocycles. The van der Waals surface area contributed by atoms with Crippen molar-refractivity contribution in [3.8, 4) is 11.5 Å². The molecule has 0 spiro atoms. The Morgan fingerprint density at radius 1 is 1.09 bits per heavy atom. The van der Waals surface area contributed by atoms with E-state index in [1.165, 1.54) is 25.3 Å². The first-order valence-corrected chi connectivity index (χ1v) is 6.65. The van der Waals surface area contributed by atoms with Gasteiger partial charge in [0, 0.05) is 17.7 Å². The van der Waals surface area contributed by atoms with Crippen LogP contribution in [0.25, 0.3) is 0 Å². The first-order chi connectivity index (χ1) is 10.9. The lowest BCUT2D eigenvalue weighted by molar-refractivity contribution is -0.274. The Morgan fingerprint density at radius 2 is 1.74 bits per heavy atom. The number of hydrogen-bond acceptors (Lipinski definition) is 3. The van der Waals surface area contributed by atoms with Crippen molar-refractivity contribution in [3.05, 3.63) is 59.7 Å². The van der Waals surface area contributed by atoms with E-state index in [-0.39, 0.29) is 17.9 Å². The molecule has 0 fully saturated rings. The number of amides is 1. The topological polar surface area (TPSA) is 47.6 Å². The van der Waals surface area contributed by atoms with Crippen LogP contribution in [0.3, 0.4) is 0 Å². The average molecular weight is 325 g/mol. The minimum absolute atomic E-state index is 0.0862. The predicted molar refractivity (Wildman–Crippen MR) is 77.3 cm³/mol. The van der Waals surface area contributed by atoms with Crippen LogP contribution < -0.4 is 14.8 Å². The predicted octanol–water partition coefficient (Wildman–Crippen LogP) is 3.52. The maximum absolute atomic E-state index is 12.3. The van der Waals surface area contributed by atoms with Gasteiger partial charge in [0.15, 0.2) is 0 Å². The SMILES string of the molecule is COc1ccc(C(=O)NCc2ccccc2OC(F)(F)F)cc1. The molecule has 0 aromatic heterocycles. The molecule has 4 nitrogen and oxygen atoms in total.